The lowest BCUT2D eigenvalue weighted by Gasteiger charge is -2.25. The second-order valence-corrected chi connectivity index (χ2v) is 9.24. The first-order chi connectivity index (χ1) is 15.6. The molecule has 3 aromatic rings. The van der Waals surface area contributed by atoms with Crippen LogP contribution in [0.2, 0.25) is 5.02 Å². The van der Waals surface area contributed by atoms with E-state index < -0.39 is 17.7 Å². The molecule has 1 aliphatic heterocycles. The molecule has 0 spiro atoms. The normalized spacial score (nSPS) is 18.1. The number of aliphatic hydroxyl groups excluding tert-OH is 1. The van der Waals surface area contributed by atoms with E-state index in [9.17, 15) is 14.7 Å². The molecule has 0 aliphatic carbocycles. The molecule has 0 saturated carbocycles. The summed E-state index contributed by atoms with van der Waals surface area (Å²) in [7, 11) is 1.48. The van der Waals surface area contributed by atoms with Gasteiger partial charge in [-0.1, -0.05) is 44.5 Å². The first-order valence-corrected chi connectivity index (χ1v) is 10.8. The number of carbonyl (C=O) groups is 2. The van der Waals surface area contributed by atoms with Gasteiger partial charge in [0.2, 0.25) is 0 Å². The van der Waals surface area contributed by atoms with E-state index >= 15 is 0 Å². The molecule has 7 heteroatoms. The number of nitrogens with zero attached hydrogens (tertiary/aromatic N) is 1. The lowest BCUT2D eigenvalue weighted by molar-refractivity contribution is -0.132. The Morgan fingerprint density at radius 2 is 1.79 bits per heavy atom. The number of ketones is 1. The molecule has 1 atom stereocenters. The van der Waals surface area contributed by atoms with Gasteiger partial charge >= 0.3 is 0 Å². The predicted octanol–water partition coefficient (Wildman–Crippen LogP) is 5.87. The second-order valence-electron chi connectivity index (χ2n) is 8.83. The maximum Gasteiger partial charge on any atom is 0.300 e. The van der Waals surface area contributed by atoms with E-state index in [4.69, 9.17) is 20.8 Å². The molecule has 1 saturated heterocycles. The maximum atomic E-state index is 13.2. The Morgan fingerprint density at radius 3 is 2.33 bits per heavy atom. The van der Waals surface area contributed by atoms with Gasteiger partial charge in [0.1, 0.15) is 23.3 Å². The summed E-state index contributed by atoms with van der Waals surface area (Å²) < 4.78 is 10.7. The number of hydrogen-bond donors (Lipinski definition) is 1. The molecule has 0 radical (unpaired) electrons. The first kappa shape index (κ1) is 22.7. The summed E-state index contributed by atoms with van der Waals surface area (Å²) in [5.41, 5.74) is 1.76. The molecule has 2 aromatic carbocycles. The number of amides is 1. The standard InChI is InChI=1S/C26H24ClNO5/c1-26(2,3)16-8-10-17(11-9-16)28-22(20-6-5-13-33-20)21(24(30)25(28)31)23(29)15-7-12-19(32-4)18(27)14-15/h5-14,22,29H,1-4H3/b23-21-. The molecule has 6 nitrogen and oxygen atoms in total. The molecular weight excluding hydrogens is 442 g/mol. The average molecular weight is 466 g/mol. The fourth-order valence-corrected chi connectivity index (χ4v) is 4.16. The molecule has 4 rings (SSSR count). The summed E-state index contributed by atoms with van der Waals surface area (Å²) in [6, 6.07) is 14.5. The molecular formula is C26H24ClNO5. The molecule has 1 aromatic heterocycles. The van der Waals surface area contributed by atoms with Crippen molar-refractivity contribution in [1.82, 2.24) is 0 Å². The average Bonchev–Trinajstić information content (AvgIpc) is 3.40. The van der Waals surface area contributed by atoms with E-state index in [-0.39, 0.29) is 21.8 Å². The molecule has 33 heavy (non-hydrogen) atoms. The largest absolute Gasteiger partial charge is 0.507 e. The third-order valence-corrected chi connectivity index (χ3v) is 5.99. The maximum absolute atomic E-state index is 13.2. The molecule has 1 fully saturated rings. The van der Waals surface area contributed by atoms with Gasteiger partial charge in [-0.3, -0.25) is 14.5 Å². The van der Waals surface area contributed by atoms with E-state index in [1.807, 2.05) is 12.1 Å². The monoisotopic (exact) mass is 465 g/mol. The van der Waals surface area contributed by atoms with Crippen molar-refractivity contribution in [3.8, 4) is 5.75 Å². The van der Waals surface area contributed by atoms with Crippen molar-refractivity contribution in [1.29, 1.82) is 0 Å². The minimum Gasteiger partial charge on any atom is -0.507 e. The van der Waals surface area contributed by atoms with Crippen LogP contribution < -0.4 is 9.64 Å². The summed E-state index contributed by atoms with van der Waals surface area (Å²) in [6.45, 7) is 6.28. The van der Waals surface area contributed by atoms with E-state index in [1.54, 1.807) is 36.4 Å². The zero-order chi connectivity index (χ0) is 23.9. The minimum atomic E-state index is -0.929. The van der Waals surface area contributed by atoms with Gasteiger partial charge in [0.25, 0.3) is 11.7 Å². The lowest BCUT2D eigenvalue weighted by Crippen LogP contribution is -2.29. The molecule has 1 amide bonds. The summed E-state index contributed by atoms with van der Waals surface area (Å²) in [6.07, 6.45) is 1.46. The van der Waals surface area contributed by atoms with Gasteiger partial charge in [-0.15, -0.1) is 0 Å². The number of hydrogen-bond acceptors (Lipinski definition) is 5. The molecule has 1 unspecified atom stereocenters. The SMILES string of the molecule is COc1ccc(/C(O)=C2/C(=O)C(=O)N(c3ccc(C(C)(C)C)cc3)C2c2ccco2)cc1Cl. The van der Waals surface area contributed by atoms with Gasteiger partial charge in [-0.2, -0.15) is 0 Å². The molecule has 1 aliphatic rings. The van der Waals surface area contributed by atoms with E-state index in [1.165, 1.54) is 24.3 Å². The van der Waals surface area contributed by atoms with E-state index in [0.717, 1.165) is 5.56 Å². The Morgan fingerprint density at radius 1 is 1.09 bits per heavy atom. The topological polar surface area (TPSA) is 80.0 Å². The smallest absolute Gasteiger partial charge is 0.300 e. The third-order valence-electron chi connectivity index (χ3n) is 5.69. The van der Waals surface area contributed by atoms with Gasteiger partial charge in [-0.25, -0.2) is 0 Å². The van der Waals surface area contributed by atoms with Crippen molar-refractivity contribution in [2.45, 2.75) is 32.2 Å². The fourth-order valence-electron chi connectivity index (χ4n) is 3.91. The Labute approximate surface area is 197 Å². The Kier molecular flexibility index (Phi) is 5.80. The van der Waals surface area contributed by atoms with Crippen molar-refractivity contribution >= 4 is 34.7 Å². The van der Waals surface area contributed by atoms with Crippen molar-refractivity contribution in [3.05, 3.63) is 88.3 Å². The number of rotatable bonds is 4. The number of anilines is 1. The summed E-state index contributed by atoms with van der Waals surface area (Å²) in [5.74, 6) is -1.11. The van der Waals surface area contributed by atoms with Crippen LogP contribution in [0.5, 0.6) is 5.75 Å². The predicted molar refractivity (Wildman–Crippen MR) is 127 cm³/mol. The van der Waals surface area contributed by atoms with Crippen LogP contribution >= 0.6 is 11.6 Å². The number of methoxy groups -OCH3 is 1. The Balaban J connectivity index is 1.86. The fraction of sp³-hybridized carbons (Fsp3) is 0.231. The van der Waals surface area contributed by atoms with Crippen molar-refractivity contribution < 1.29 is 23.8 Å². The van der Waals surface area contributed by atoms with Gasteiger partial charge in [-0.05, 0) is 53.4 Å². The van der Waals surface area contributed by atoms with E-state index in [2.05, 4.69) is 20.8 Å². The van der Waals surface area contributed by atoms with Crippen molar-refractivity contribution in [3.63, 3.8) is 0 Å². The molecule has 0 bridgehead atoms. The van der Waals surface area contributed by atoms with Crippen LogP contribution in [0.15, 0.2) is 70.9 Å². The number of furan rings is 1. The lowest BCUT2D eigenvalue weighted by atomic mass is 9.87. The number of aliphatic hydroxyl groups is 1. The number of ether oxygens (including phenoxy) is 1. The van der Waals surface area contributed by atoms with Crippen LogP contribution in [-0.4, -0.2) is 23.9 Å². The Hall–Kier alpha value is -3.51. The van der Waals surface area contributed by atoms with Crippen molar-refractivity contribution in [2.75, 3.05) is 12.0 Å². The zero-order valence-electron chi connectivity index (χ0n) is 18.8. The van der Waals surface area contributed by atoms with Gasteiger partial charge in [0.15, 0.2) is 0 Å². The van der Waals surface area contributed by atoms with Crippen LogP contribution in [-0.2, 0) is 15.0 Å². The first-order valence-electron chi connectivity index (χ1n) is 10.4. The molecule has 1 N–H and O–H groups in total. The van der Waals surface area contributed by atoms with Crippen LogP contribution in [0.4, 0.5) is 5.69 Å². The number of halogens is 1. The third kappa shape index (κ3) is 4.02. The number of Topliss-reactive ketones (excluding diaryl/α,β-unsaturated/α-hetero) is 1. The summed E-state index contributed by atoms with van der Waals surface area (Å²) in [4.78, 5) is 27.6. The van der Waals surface area contributed by atoms with Crippen LogP contribution in [0.1, 0.15) is 43.7 Å². The highest BCUT2D eigenvalue weighted by Gasteiger charge is 2.48. The summed E-state index contributed by atoms with van der Waals surface area (Å²) in [5, 5.41) is 11.4. The van der Waals surface area contributed by atoms with Gasteiger partial charge in [0.05, 0.1) is 24.0 Å². The second kappa shape index (κ2) is 8.45. The molecule has 2 heterocycles. The highest BCUT2D eigenvalue weighted by molar-refractivity contribution is 6.51. The van der Waals surface area contributed by atoms with Crippen LogP contribution in [0.25, 0.3) is 5.76 Å². The van der Waals surface area contributed by atoms with Gasteiger partial charge in [0, 0.05) is 11.3 Å². The quantitative estimate of drug-likeness (QED) is 0.296. The number of carbonyl (C=O) groups excluding carboxylic acids is 2. The van der Waals surface area contributed by atoms with Crippen molar-refractivity contribution in [2.24, 2.45) is 0 Å². The number of benzene rings is 2. The van der Waals surface area contributed by atoms with Crippen LogP contribution in [0, 0.1) is 0 Å². The van der Waals surface area contributed by atoms with Gasteiger partial charge < -0.3 is 14.3 Å². The zero-order valence-corrected chi connectivity index (χ0v) is 19.5. The highest BCUT2D eigenvalue weighted by atomic mass is 35.5. The minimum absolute atomic E-state index is 0.0687. The van der Waals surface area contributed by atoms with E-state index in [0.29, 0.717) is 22.8 Å². The summed E-state index contributed by atoms with van der Waals surface area (Å²) >= 11 is 6.22. The molecule has 170 valence electrons. The van der Waals surface area contributed by atoms with Crippen LogP contribution in [0.3, 0.4) is 0 Å². The Bertz CT molecular complexity index is 1240. The highest BCUT2D eigenvalue weighted by Crippen LogP contribution is 2.43.